The Morgan fingerprint density at radius 2 is 1.75 bits per heavy atom. The molecule has 28 heavy (non-hydrogen) atoms. The van der Waals surface area contributed by atoms with Gasteiger partial charge in [0.05, 0.1) is 39.0 Å². The van der Waals surface area contributed by atoms with E-state index in [2.05, 4.69) is 10.2 Å². The number of aromatic nitrogens is 2. The van der Waals surface area contributed by atoms with Crippen molar-refractivity contribution in [1.29, 1.82) is 0 Å². The summed E-state index contributed by atoms with van der Waals surface area (Å²) in [5.74, 6) is 1.77. The second-order valence-corrected chi connectivity index (χ2v) is 6.39. The van der Waals surface area contributed by atoms with Gasteiger partial charge in [0, 0.05) is 11.5 Å². The van der Waals surface area contributed by atoms with E-state index in [1.165, 1.54) is 0 Å². The maximum atomic E-state index is 12.2. The molecule has 0 fully saturated rings. The van der Waals surface area contributed by atoms with E-state index in [1.54, 1.807) is 21.3 Å². The van der Waals surface area contributed by atoms with Crippen molar-refractivity contribution < 1.29 is 23.7 Å². The molecule has 0 spiro atoms. The number of H-pyrrole nitrogens is 1. The van der Waals surface area contributed by atoms with Crippen LogP contribution in [0.15, 0.2) is 42.5 Å². The fourth-order valence-electron chi connectivity index (χ4n) is 3.49. The minimum absolute atomic E-state index is 0.213. The minimum Gasteiger partial charge on any atom is -0.497 e. The smallest absolute Gasteiger partial charge is 0.313 e. The summed E-state index contributed by atoms with van der Waals surface area (Å²) >= 11 is 0. The number of fused-ring (bicyclic) bond motifs is 1. The fourth-order valence-corrected chi connectivity index (χ4v) is 3.49. The highest BCUT2D eigenvalue weighted by molar-refractivity contribution is 5.80. The first-order valence-corrected chi connectivity index (χ1v) is 8.80. The number of hydrogen-bond acceptors (Lipinski definition) is 6. The average molecular weight is 380 g/mol. The summed E-state index contributed by atoms with van der Waals surface area (Å²) in [7, 11) is 4.80. The number of nitrogens with one attached hydrogen (secondary N) is 1. The van der Waals surface area contributed by atoms with Gasteiger partial charge in [-0.3, -0.25) is 9.89 Å². The Bertz CT molecular complexity index is 1010. The zero-order valence-corrected chi connectivity index (χ0v) is 15.8. The molecule has 0 saturated heterocycles. The van der Waals surface area contributed by atoms with Crippen molar-refractivity contribution in [1.82, 2.24) is 10.2 Å². The molecule has 0 bridgehead atoms. The number of ether oxygens (including phenoxy) is 4. The normalized spacial score (nSPS) is 15.5. The molecular weight excluding hydrogens is 360 g/mol. The van der Waals surface area contributed by atoms with Gasteiger partial charge >= 0.3 is 5.97 Å². The highest BCUT2D eigenvalue weighted by atomic mass is 16.5. The molecule has 3 aromatic rings. The Morgan fingerprint density at radius 3 is 2.43 bits per heavy atom. The lowest BCUT2D eigenvalue weighted by Crippen LogP contribution is -2.21. The predicted octanol–water partition coefficient (Wildman–Crippen LogP) is 3.54. The van der Waals surface area contributed by atoms with E-state index in [1.807, 2.05) is 42.5 Å². The average Bonchev–Trinajstić information content (AvgIpc) is 3.16. The SMILES string of the molecule is COc1ccc(-c2[nH]nc3c2C(c2ccc(OC)c(OC)c2)CC(=O)O3)cc1. The zero-order chi connectivity index (χ0) is 19.7. The molecule has 1 aliphatic rings. The Hall–Kier alpha value is -3.48. The predicted molar refractivity (Wildman–Crippen MR) is 102 cm³/mol. The van der Waals surface area contributed by atoms with E-state index in [0.717, 1.165) is 28.1 Å². The van der Waals surface area contributed by atoms with Crippen molar-refractivity contribution in [2.24, 2.45) is 0 Å². The van der Waals surface area contributed by atoms with Crippen LogP contribution in [-0.4, -0.2) is 37.5 Å². The number of carbonyl (C=O) groups excluding carboxylic acids is 1. The molecule has 2 aromatic carbocycles. The fraction of sp³-hybridized carbons (Fsp3) is 0.238. The molecule has 1 unspecified atom stereocenters. The molecule has 4 rings (SSSR count). The summed E-state index contributed by atoms with van der Waals surface area (Å²) in [6, 6.07) is 13.3. The van der Waals surface area contributed by atoms with Crippen molar-refractivity contribution >= 4 is 5.97 Å². The second kappa shape index (κ2) is 7.26. The number of benzene rings is 2. The first-order chi connectivity index (χ1) is 13.6. The molecule has 2 heterocycles. The third-order valence-corrected chi connectivity index (χ3v) is 4.89. The first kappa shape index (κ1) is 17.9. The van der Waals surface area contributed by atoms with Crippen molar-refractivity contribution in [3.8, 4) is 34.4 Å². The van der Waals surface area contributed by atoms with Gasteiger partial charge in [0.25, 0.3) is 0 Å². The number of rotatable bonds is 5. The van der Waals surface area contributed by atoms with Gasteiger partial charge in [-0.1, -0.05) is 6.07 Å². The zero-order valence-electron chi connectivity index (χ0n) is 15.8. The van der Waals surface area contributed by atoms with E-state index >= 15 is 0 Å². The van der Waals surface area contributed by atoms with Crippen LogP contribution in [0.5, 0.6) is 23.1 Å². The van der Waals surface area contributed by atoms with Crippen molar-refractivity contribution in [3.63, 3.8) is 0 Å². The Kier molecular flexibility index (Phi) is 4.65. The summed E-state index contributed by atoms with van der Waals surface area (Å²) in [4.78, 5) is 12.2. The topological polar surface area (TPSA) is 82.7 Å². The monoisotopic (exact) mass is 380 g/mol. The van der Waals surface area contributed by atoms with E-state index in [4.69, 9.17) is 18.9 Å². The van der Waals surface area contributed by atoms with Gasteiger partial charge in [0.2, 0.25) is 5.88 Å². The van der Waals surface area contributed by atoms with Crippen LogP contribution in [-0.2, 0) is 4.79 Å². The van der Waals surface area contributed by atoms with E-state index in [9.17, 15) is 4.79 Å². The summed E-state index contributed by atoms with van der Waals surface area (Å²) in [6.07, 6.45) is 0.213. The largest absolute Gasteiger partial charge is 0.497 e. The van der Waals surface area contributed by atoms with Crippen LogP contribution >= 0.6 is 0 Å². The number of esters is 1. The molecule has 0 radical (unpaired) electrons. The molecule has 0 saturated carbocycles. The highest BCUT2D eigenvalue weighted by Gasteiger charge is 2.34. The molecule has 0 amide bonds. The van der Waals surface area contributed by atoms with E-state index in [-0.39, 0.29) is 18.3 Å². The lowest BCUT2D eigenvalue weighted by atomic mass is 9.85. The lowest BCUT2D eigenvalue weighted by molar-refractivity contribution is -0.135. The van der Waals surface area contributed by atoms with E-state index < -0.39 is 0 Å². The Labute approximate surface area is 162 Å². The molecule has 1 aromatic heterocycles. The number of carbonyl (C=O) groups is 1. The molecule has 7 heteroatoms. The van der Waals surface area contributed by atoms with Crippen LogP contribution in [0.3, 0.4) is 0 Å². The van der Waals surface area contributed by atoms with Crippen LogP contribution in [0.1, 0.15) is 23.5 Å². The maximum Gasteiger partial charge on any atom is 0.313 e. The van der Waals surface area contributed by atoms with Gasteiger partial charge in [0.15, 0.2) is 11.5 Å². The third kappa shape index (κ3) is 3.05. The Balaban J connectivity index is 1.81. The number of hydrogen-bond donors (Lipinski definition) is 1. The van der Waals surface area contributed by atoms with E-state index in [0.29, 0.717) is 17.4 Å². The van der Waals surface area contributed by atoms with Gasteiger partial charge in [-0.25, -0.2) is 0 Å². The van der Waals surface area contributed by atoms with Crippen molar-refractivity contribution in [2.45, 2.75) is 12.3 Å². The third-order valence-electron chi connectivity index (χ3n) is 4.89. The summed E-state index contributed by atoms with van der Waals surface area (Å²) in [6.45, 7) is 0. The van der Waals surface area contributed by atoms with Crippen LogP contribution in [0.4, 0.5) is 0 Å². The maximum absolute atomic E-state index is 12.2. The summed E-state index contributed by atoms with van der Waals surface area (Å²) in [5, 5.41) is 7.24. The summed E-state index contributed by atoms with van der Waals surface area (Å²) in [5.41, 5.74) is 3.51. The van der Waals surface area contributed by atoms with Gasteiger partial charge in [0.1, 0.15) is 5.75 Å². The van der Waals surface area contributed by atoms with Crippen molar-refractivity contribution in [3.05, 3.63) is 53.6 Å². The number of methoxy groups -OCH3 is 3. The standard InChI is InChI=1S/C21H20N2O5/c1-25-14-7-4-12(5-8-14)20-19-15(11-18(24)28-21(19)23-22-20)13-6-9-16(26-2)17(10-13)27-3/h4-10,15H,11H2,1-3H3,(H,22,23). The lowest BCUT2D eigenvalue weighted by Gasteiger charge is -2.23. The molecule has 1 atom stereocenters. The molecule has 1 aliphatic heterocycles. The van der Waals surface area contributed by atoms with Gasteiger partial charge in [-0.15, -0.1) is 5.10 Å². The molecule has 144 valence electrons. The van der Waals surface area contributed by atoms with Crippen LogP contribution < -0.4 is 18.9 Å². The molecule has 7 nitrogen and oxygen atoms in total. The highest BCUT2D eigenvalue weighted by Crippen LogP contribution is 2.44. The van der Waals surface area contributed by atoms with Crippen LogP contribution in [0.25, 0.3) is 11.3 Å². The minimum atomic E-state index is -0.319. The number of nitrogens with zero attached hydrogens (tertiary/aromatic N) is 1. The second-order valence-electron chi connectivity index (χ2n) is 6.39. The van der Waals surface area contributed by atoms with Gasteiger partial charge in [-0.2, -0.15) is 0 Å². The quantitative estimate of drug-likeness (QED) is 0.682. The number of aromatic amines is 1. The first-order valence-electron chi connectivity index (χ1n) is 8.80. The molecule has 1 N–H and O–H groups in total. The van der Waals surface area contributed by atoms with Crippen LogP contribution in [0.2, 0.25) is 0 Å². The van der Waals surface area contributed by atoms with Gasteiger partial charge < -0.3 is 18.9 Å². The summed E-state index contributed by atoms with van der Waals surface area (Å²) < 4.78 is 21.3. The molecular formula is C21H20N2O5. The van der Waals surface area contributed by atoms with Gasteiger partial charge in [-0.05, 0) is 42.0 Å². The molecule has 0 aliphatic carbocycles. The Morgan fingerprint density at radius 1 is 1.00 bits per heavy atom. The van der Waals surface area contributed by atoms with Crippen molar-refractivity contribution in [2.75, 3.05) is 21.3 Å². The van der Waals surface area contributed by atoms with Crippen LogP contribution in [0, 0.1) is 0 Å².